The minimum Gasteiger partial charge on any atom is -0.465 e. The third kappa shape index (κ3) is 11.8. The summed E-state index contributed by atoms with van der Waals surface area (Å²) >= 11 is 0. The minimum atomic E-state index is -0.395. The van der Waals surface area contributed by atoms with Crippen molar-refractivity contribution in [2.45, 2.75) is 91.6 Å². The Morgan fingerprint density at radius 3 is 1.44 bits per heavy atom. The molecule has 0 fully saturated rings. The van der Waals surface area contributed by atoms with Gasteiger partial charge < -0.3 is 39.8 Å². The number of aromatic nitrogens is 4. The van der Waals surface area contributed by atoms with Crippen LogP contribution in [0.5, 0.6) is 0 Å². The Hall–Kier alpha value is -7.59. The second-order valence-corrected chi connectivity index (χ2v) is 17.6. The largest absolute Gasteiger partial charge is 0.465 e. The molecule has 0 unspecified atom stereocenters. The highest BCUT2D eigenvalue weighted by atomic mass is 16.5. The molecule has 16 nitrogen and oxygen atoms in total. The number of benzene rings is 4. The maximum absolute atomic E-state index is 13.4. The Kier molecular flexibility index (Phi) is 16.6. The van der Waals surface area contributed by atoms with Crippen LogP contribution in [0.2, 0.25) is 0 Å². The van der Waals surface area contributed by atoms with Crippen molar-refractivity contribution in [1.82, 2.24) is 30.2 Å². The lowest BCUT2D eigenvalue weighted by Crippen LogP contribution is -2.29. The number of aliphatic hydroxyl groups is 1. The van der Waals surface area contributed by atoms with Crippen molar-refractivity contribution < 1.29 is 38.6 Å². The zero-order chi connectivity index (χ0) is 49.9. The second-order valence-electron chi connectivity index (χ2n) is 17.6. The first-order chi connectivity index (χ1) is 33.8. The first-order valence-corrected chi connectivity index (χ1v) is 23.6. The summed E-state index contributed by atoms with van der Waals surface area (Å²) in [6, 6.07) is 30.2. The zero-order valence-corrected chi connectivity index (χ0v) is 40.7. The van der Waals surface area contributed by atoms with Crippen LogP contribution in [0.3, 0.4) is 0 Å². The van der Waals surface area contributed by atoms with Crippen LogP contribution in [0, 0.1) is 13.8 Å². The fraction of sp³-hybridized carbons (Fsp3) is 0.352. The quantitative estimate of drug-likeness (QED) is 0.0590. The van der Waals surface area contributed by atoms with Gasteiger partial charge in [0.25, 0.3) is 11.8 Å². The number of ether oxygens (including phenoxy) is 2. The Bertz CT molecular complexity index is 2820. The van der Waals surface area contributed by atoms with E-state index in [0.717, 1.165) is 91.2 Å². The number of hydrogen-bond acceptors (Lipinski definition) is 12. The number of amides is 2. The van der Waals surface area contributed by atoms with Crippen LogP contribution in [0.25, 0.3) is 0 Å². The van der Waals surface area contributed by atoms with Crippen LogP contribution in [0.15, 0.2) is 97.1 Å². The number of esters is 2. The molecule has 8 rings (SSSR count). The fourth-order valence-electron chi connectivity index (χ4n) is 9.05. The number of nitrogens with one attached hydrogen (secondary N) is 2. The monoisotopic (exact) mass is 950 g/mol. The van der Waals surface area contributed by atoms with Gasteiger partial charge in [0.2, 0.25) is 0 Å². The maximum atomic E-state index is 13.4. The average molecular weight is 951 g/mol. The van der Waals surface area contributed by atoms with Gasteiger partial charge in [0.15, 0.2) is 0 Å². The van der Waals surface area contributed by atoms with E-state index in [0.29, 0.717) is 53.2 Å². The number of carbonyl (C=O) groups excluding carboxylic acids is 5. The molecule has 2 aliphatic rings. The van der Waals surface area contributed by atoms with Gasteiger partial charge in [0, 0.05) is 39.2 Å². The summed E-state index contributed by atoms with van der Waals surface area (Å²) in [5, 5.41) is 24.5. The molecular formula is C54H62N8O8. The van der Waals surface area contributed by atoms with Crippen molar-refractivity contribution in [3.05, 3.63) is 164 Å². The molecule has 0 saturated carbocycles. The molecule has 2 aromatic heterocycles. The van der Waals surface area contributed by atoms with E-state index >= 15 is 0 Å². The molecule has 6 aromatic rings. The molecule has 2 aliphatic heterocycles. The molecule has 4 heterocycles. The third-order valence-electron chi connectivity index (χ3n) is 12.7. The molecule has 0 aliphatic carbocycles. The van der Waals surface area contributed by atoms with Crippen LogP contribution < -0.4 is 20.4 Å². The standard InChI is InChI=1S/C27H32N4O4.C27H30N4O4/c2*1-18(22-9-11-23(12-10-22)27(34)35-3)28-25(33)24-19(2)29-31-14-13-30(26(24)31)17-21-7-4-6-20(16-21)8-5-15-32/h4,6-7,9-12,16,18,32H,5,8,13-15,17H2,1-3H3,(H,28,33);4,6-7,9-12,15-16,18H,5,8,13-14,17H2,1-3H3,(H,28,33)/t2*18-/m00/s1. The SMILES string of the molecule is COC(=O)c1ccc([C@H](C)NC(=O)c2c(C)nn3c2N(Cc2cccc(CCC=O)c2)CC3)cc1.COC(=O)c1ccc([C@H](C)NC(=O)c2c(C)nn3c2N(Cc2cccc(CCCO)c2)CC3)cc1. The molecule has 16 heteroatoms. The number of aryl methyl sites for hydroxylation is 4. The highest BCUT2D eigenvalue weighted by Gasteiger charge is 2.32. The number of rotatable bonds is 18. The van der Waals surface area contributed by atoms with Gasteiger partial charge in [-0.15, -0.1) is 0 Å². The number of aldehydes is 1. The van der Waals surface area contributed by atoms with Gasteiger partial charge in [-0.3, -0.25) is 9.59 Å². The van der Waals surface area contributed by atoms with Gasteiger partial charge in [-0.05, 0) is 105 Å². The molecule has 0 bridgehead atoms. The predicted octanol–water partition coefficient (Wildman–Crippen LogP) is 7.04. The molecule has 366 valence electrons. The lowest BCUT2D eigenvalue weighted by atomic mass is 10.1. The van der Waals surface area contributed by atoms with Crippen molar-refractivity contribution in [3.63, 3.8) is 0 Å². The summed E-state index contributed by atoms with van der Waals surface area (Å²) in [4.78, 5) is 65.2. The van der Waals surface area contributed by atoms with Crippen molar-refractivity contribution >= 4 is 41.7 Å². The molecule has 70 heavy (non-hydrogen) atoms. The van der Waals surface area contributed by atoms with Crippen LogP contribution in [0.1, 0.15) is 125 Å². The Morgan fingerprint density at radius 2 is 1.04 bits per heavy atom. The number of aliphatic hydroxyl groups excluding tert-OH is 1. The van der Waals surface area contributed by atoms with E-state index in [2.05, 4.69) is 61.0 Å². The van der Waals surface area contributed by atoms with Crippen molar-refractivity contribution in [2.75, 3.05) is 43.7 Å². The number of methoxy groups -OCH3 is 2. The molecule has 0 saturated heterocycles. The van der Waals surface area contributed by atoms with Crippen molar-refractivity contribution in [2.24, 2.45) is 0 Å². The van der Waals surface area contributed by atoms with Crippen LogP contribution in [0.4, 0.5) is 11.6 Å². The number of anilines is 2. The Labute approximate surface area is 408 Å². The van der Waals surface area contributed by atoms with E-state index in [4.69, 9.17) is 14.6 Å². The molecular weight excluding hydrogens is 889 g/mol. The lowest BCUT2D eigenvalue weighted by Gasteiger charge is -2.21. The van der Waals surface area contributed by atoms with E-state index in [1.807, 2.05) is 79.5 Å². The van der Waals surface area contributed by atoms with Gasteiger partial charge in [0.1, 0.15) is 29.0 Å². The predicted molar refractivity (Wildman–Crippen MR) is 266 cm³/mol. The summed E-state index contributed by atoms with van der Waals surface area (Å²) < 4.78 is 13.3. The summed E-state index contributed by atoms with van der Waals surface area (Å²) in [6.07, 6.45) is 3.75. The fourth-order valence-corrected chi connectivity index (χ4v) is 9.05. The lowest BCUT2D eigenvalue weighted by molar-refractivity contribution is -0.107. The first-order valence-electron chi connectivity index (χ1n) is 23.6. The summed E-state index contributed by atoms with van der Waals surface area (Å²) in [6.45, 7) is 12.1. The van der Waals surface area contributed by atoms with Gasteiger partial charge >= 0.3 is 11.9 Å². The van der Waals surface area contributed by atoms with E-state index in [9.17, 15) is 24.0 Å². The minimum absolute atomic E-state index is 0.170. The molecule has 4 aromatic carbocycles. The number of nitrogens with zero attached hydrogens (tertiary/aromatic N) is 6. The first kappa shape index (κ1) is 50.3. The summed E-state index contributed by atoms with van der Waals surface area (Å²) in [5.74, 6) is 0.532. The van der Waals surface area contributed by atoms with E-state index in [1.54, 1.807) is 24.3 Å². The van der Waals surface area contributed by atoms with Crippen LogP contribution in [-0.4, -0.2) is 88.6 Å². The van der Waals surface area contributed by atoms with E-state index in [-0.39, 0.29) is 30.5 Å². The number of carbonyl (C=O) groups is 5. The van der Waals surface area contributed by atoms with E-state index < -0.39 is 11.9 Å². The molecule has 2 amide bonds. The summed E-state index contributed by atoms with van der Waals surface area (Å²) in [7, 11) is 2.70. The van der Waals surface area contributed by atoms with Gasteiger partial charge in [-0.25, -0.2) is 19.0 Å². The molecule has 3 N–H and O–H groups in total. The van der Waals surface area contributed by atoms with Crippen molar-refractivity contribution in [1.29, 1.82) is 0 Å². The van der Waals surface area contributed by atoms with Crippen LogP contribution >= 0.6 is 0 Å². The third-order valence-corrected chi connectivity index (χ3v) is 12.7. The zero-order valence-electron chi connectivity index (χ0n) is 40.7. The highest BCUT2D eigenvalue weighted by Crippen LogP contribution is 2.32. The summed E-state index contributed by atoms with van der Waals surface area (Å²) in [5.41, 5.74) is 9.90. The maximum Gasteiger partial charge on any atom is 0.337 e. The van der Waals surface area contributed by atoms with Gasteiger partial charge in [-0.1, -0.05) is 72.8 Å². The van der Waals surface area contributed by atoms with Crippen LogP contribution in [-0.2, 0) is 53.3 Å². The Balaban J connectivity index is 0.000000206. The van der Waals surface area contributed by atoms with Gasteiger partial charge in [0.05, 0.1) is 61.9 Å². The topological polar surface area (TPSA) is 190 Å². The normalized spacial score (nSPS) is 13.4. The molecule has 2 atom stereocenters. The van der Waals surface area contributed by atoms with Crippen molar-refractivity contribution in [3.8, 4) is 0 Å². The highest BCUT2D eigenvalue weighted by molar-refractivity contribution is 6.01. The molecule has 0 radical (unpaired) electrons. The number of hydrogen-bond donors (Lipinski definition) is 3. The Morgan fingerprint density at radius 1 is 0.629 bits per heavy atom. The molecule has 0 spiro atoms. The second kappa shape index (κ2) is 23.1. The van der Waals surface area contributed by atoms with Gasteiger partial charge in [-0.2, -0.15) is 10.2 Å². The average Bonchev–Trinajstić information content (AvgIpc) is 4.12. The number of fused-ring (bicyclic) bond motifs is 2. The smallest absolute Gasteiger partial charge is 0.337 e. The van der Waals surface area contributed by atoms with E-state index in [1.165, 1.54) is 19.8 Å².